The topological polar surface area (TPSA) is 29.3 Å². The fourth-order valence-electron chi connectivity index (χ4n) is 1.69. The molecule has 1 saturated heterocycles. The van der Waals surface area contributed by atoms with Crippen molar-refractivity contribution >= 4 is 5.65 Å². The van der Waals surface area contributed by atoms with Crippen molar-refractivity contribution in [2.24, 2.45) is 0 Å². The average molecular weight is 191 g/mol. The molecule has 0 atom stereocenters. The number of nitrogens with one attached hydrogen (secondary N) is 1. The van der Waals surface area contributed by atoms with Crippen LogP contribution in [-0.4, -0.2) is 22.5 Å². The number of aromatic nitrogens is 2. The van der Waals surface area contributed by atoms with Crippen molar-refractivity contribution in [2.45, 2.75) is 5.92 Å². The van der Waals surface area contributed by atoms with Gasteiger partial charge in [0.15, 0.2) is 5.95 Å². The number of pyridine rings is 1. The van der Waals surface area contributed by atoms with Crippen LogP contribution < -0.4 is 5.32 Å². The monoisotopic (exact) mass is 191 g/mol. The summed E-state index contributed by atoms with van der Waals surface area (Å²) in [6, 6.07) is 4.94. The van der Waals surface area contributed by atoms with Gasteiger partial charge in [0.2, 0.25) is 0 Å². The molecule has 1 aliphatic heterocycles. The molecule has 2 aromatic rings. The third-order valence-electron chi connectivity index (χ3n) is 2.66. The number of hydrogen-bond donors (Lipinski definition) is 1. The first kappa shape index (κ1) is 7.94. The van der Waals surface area contributed by atoms with E-state index in [9.17, 15) is 4.39 Å². The highest BCUT2D eigenvalue weighted by Crippen LogP contribution is 2.19. The molecule has 0 unspecified atom stereocenters. The summed E-state index contributed by atoms with van der Waals surface area (Å²) in [5.74, 6) is 0.197. The van der Waals surface area contributed by atoms with Gasteiger partial charge < -0.3 is 5.32 Å². The molecule has 0 bridgehead atoms. The van der Waals surface area contributed by atoms with E-state index in [4.69, 9.17) is 0 Å². The Morgan fingerprint density at radius 1 is 1.43 bits per heavy atom. The average Bonchev–Trinajstić information content (AvgIpc) is 2.46. The Hall–Kier alpha value is -1.42. The van der Waals surface area contributed by atoms with Crippen molar-refractivity contribution < 1.29 is 4.39 Å². The summed E-state index contributed by atoms with van der Waals surface area (Å²) in [6.45, 7) is 1.90. The van der Waals surface area contributed by atoms with Gasteiger partial charge in [-0.25, -0.2) is 4.98 Å². The number of halogens is 1. The predicted molar refractivity (Wildman–Crippen MR) is 50.8 cm³/mol. The maximum atomic E-state index is 13.3. The molecule has 4 heteroatoms. The van der Waals surface area contributed by atoms with Gasteiger partial charge in [0.05, 0.1) is 5.69 Å². The maximum absolute atomic E-state index is 13.3. The van der Waals surface area contributed by atoms with Gasteiger partial charge in [-0.3, -0.25) is 4.40 Å². The van der Waals surface area contributed by atoms with Crippen LogP contribution in [0, 0.1) is 5.95 Å². The molecule has 1 aliphatic rings. The smallest absolute Gasteiger partial charge is 0.199 e. The molecule has 1 N–H and O–H groups in total. The van der Waals surface area contributed by atoms with E-state index in [1.54, 1.807) is 12.3 Å². The molecule has 3 rings (SSSR count). The molecule has 3 nitrogen and oxygen atoms in total. The zero-order chi connectivity index (χ0) is 9.54. The molecule has 14 heavy (non-hydrogen) atoms. The Bertz CT molecular complexity index is 473. The van der Waals surface area contributed by atoms with Crippen LogP contribution >= 0.6 is 0 Å². The van der Waals surface area contributed by atoms with E-state index in [0.29, 0.717) is 11.6 Å². The van der Waals surface area contributed by atoms with Crippen LogP contribution in [0.15, 0.2) is 24.4 Å². The summed E-state index contributed by atoms with van der Waals surface area (Å²) >= 11 is 0. The Morgan fingerprint density at radius 2 is 2.29 bits per heavy atom. The molecule has 0 aromatic carbocycles. The summed E-state index contributed by atoms with van der Waals surface area (Å²) < 4.78 is 14.8. The number of rotatable bonds is 1. The Labute approximate surface area is 80.6 Å². The van der Waals surface area contributed by atoms with Crippen LogP contribution in [0.3, 0.4) is 0 Å². The third-order valence-corrected chi connectivity index (χ3v) is 2.66. The molecule has 3 heterocycles. The Morgan fingerprint density at radius 3 is 2.93 bits per heavy atom. The highest BCUT2D eigenvalue weighted by atomic mass is 19.1. The second-order valence-electron chi connectivity index (χ2n) is 3.60. The van der Waals surface area contributed by atoms with Gasteiger partial charge in [0.1, 0.15) is 5.65 Å². The molecular weight excluding hydrogens is 181 g/mol. The lowest BCUT2D eigenvalue weighted by molar-refractivity contribution is 0.441. The molecule has 1 fully saturated rings. The van der Waals surface area contributed by atoms with E-state index in [-0.39, 0.29) is 5.95 Å². The number of fused-ring (bicyclic) bond motifs is 1. The summed E-state index contributed by atoms with van der Waals surface area (Å²) in [7, 11) is 0. The first-order chi connectivity index (χ1) is 6.84. The van der Waals surface area contributed by atoms with E-state index in [1.165, 1.54) is 10.5 Å². The van der Waals surface area contributed by atoms with E-state index >= 15 is 0 Å². The number of imidazole rings is 1. The van der Waals surface area contributed by atoms with Gasteiger partial charge >= 0.3 is 0 Å². The fraction of sp³-hybridized carbons (Fsp3) is 0.300. The zero-order valence-corrected chi connectivity index (χ0v) is 7.57. The third kappa shape index (κ3) is 1.04. The minimum atomic E-state index is -0.256. The van der Waals surface area contributed by atoms with Crippen molar-refractivity contribution in [3.05, 3.63) is 36.0 Å². The van der Waals surface area contributed by atoms with Crippen molar-refractivity contribution in [3.63, 3.8) is 0 Å². The van der Waals surface area contributed by atoms with Crippen LogP contribution in [-0.2, 0) is 0 Å². The van der Waals surface area contributed by atoms with E-state index in [0.717, 1.165) is 18.8 Å². The van der Waals surface area contributed by atoms with Crippen molar-refractivity contribution in [1.29, 1.82) is 0 Å². The minimum absolute atomic E-state index is 0.256. The van der Waals surface area contributed by atoms with Gasteiger partial charge in [-0.15, -0.1) is 0 Å². The molecule has 2 aromatic heterocycles. The summed E-state index contributed by atoms with van der Waals surface area (Å²) in [4.78, 5) is 4.38. The minimum Gasteiger partial charge on any atom is -0.315 e. The lowest BCUT2D eigenvalue weighted by atomic mass is 10.0. The SMILES string of the molecule is Fc1cccc2nc(C3CNC3)cn12. The summed E-state index contributed by atoms with van der Waals surface area (Å²) in [5.41, 5.74) is 1.67. The quantitative estimate of drug-likeness (QED) is 0.685. The first-order valence-electron chi connectivity index (χ1n) is 4.69. The lowest BCUT2D eigenvalue weighted by Crippen LogP contribution is -2.40. The van der Waals surface area contributed by atoms with Gasteiger partial charge in [0, 0.05) is 25.2 Å². The summed E-state index contributed by atoms with van der Waals surface area (Å²) in [6.07, 6.45) is 1.79. The molecule has 0 saturated carbocycles. The first-order valence-corrected chi connectivity index (χ1v) is 4.69. The molecule has 0 amide bonds. The Balaban J connectivity index is 2.15. The molecule has 0 radical (unpaired) electrons. The van der Waals surface area contributed by atoms with E-state index in [2.05, 4.69) is 10.3 Å². The summed E-state index contributed by atoms with van der Waals surface area (Å²) in [5, 5.41) is 3.18. The van der Waals surface area contributed by atoms with Crippen molar-refractivity contribution in [3.8, 4) is 0 Å². The van der Waals surface area contributed by atoms with Gasteiger partial charge in [-0.1, -0.05) is 6.07 Å². The second-order valence-corrected chi connectivity index (χ2v) is 3.60. The second kappa shape index (κ2) is 2.78. The van der Waals surface area contributed by atoms with Crippen molar-refractivity contribution in [1.82, 2.24) is 14.7 Å². The number of nitrogens with zero attached hydrogens (tertiary/aromatic N) is 2. The number of hydrogen-bond acceptors (Lipinski definition) is 2. The van der Waals surface area contributed by atoms with Crippen LogP contribution in [0.1, 0.15) is 11.6 Å². The molecule has 0 spiro atoms. The molecular formula is C10H10FN3. The van der Waals surface area contributed by atoms with Crippen LogP contribution in [0.25, 0.3) is 5.65 Å². The standard InChI is InChI=1S/C10H10FN3/c11-9-2-1-3-10-13-8(6-14(9)10)7-4-12-5-7/h1-3,6-7,12H,4-5H2. The van der Waals surface area contributed by atoms with Gasteiger partial charge in [-0.2, -0.15) is 4.39 Å². The van der Waals surface area contributed by atoms with Crippen molar-refractivity contribution in [2.75, 3.05) is 13.1 Å². The predicted octanol–water partition coefficient (Wildman–Crippen LogP) is 1.16. The van der Waals surface area contributed by atoms with Gasteiger partial charge in [-0.05, 0) is 12.1 Å². The lowest BCUT2D eigenvalue weighted by Gasteiger charge is -2.24. The highest BCUT2D eigenvalue weighted by molar-refractivity contribution is 5.40. The van der Waals surface area contributed by atoms with Crippen LogP contribution in [0.2, 0.25) is 0 Å². The van der Waals surface area contributed by atoms with E-state index < -0.39 is 0 Å². The normalized spacial score (nSPS) is 17.2. The van der Waals surface area contributed by atoms with Crippen LogP contribution in [0.5, 0.6) is 0 Å². The molecule has 0 aliphatic carbocycles. The van der Waals surface area contributed by atoms with Crippen LogP contribution in [0.4, 0.5) is 4.39 Å². The largest absolute Gasteiger partial charge is 0.315 e. The van der Waals surface area contributed by atoms with E-state index in [1.807, 2.05) is 6.07 Å². The van der Waals surface area contributed by atoms with Gasteiger partial charge in [0.25, 0.3) is 0 Å². The fourth-order valence-corrected chi connectivity index (χ4v) is 1.69. The highest BCUT2D eigenvalue weighted by Gasteiger charge is 2.21. The Kier molecular flexibility index (Phi) is 1.58. The maximum Gasteiger partial charge on any atom is 0.199 e. The molecule has 72 valence electrons. The zero-order valence-electron chi connectivity index (χ0n) is 7.57.